The molecule has 1 saturated heterocycles. The van der Waals surface area contributed by atoms with Crippen LogP contribution in [0.1, 0.15) is 118 Å². The zero-order chi connectivity index (χ0) is 23.0. The predicted octanol–water partition coefficient (Wildman–Crippen LogP) is 8.26. The lowest BCUT2D eigenvalue weighted by molar-refractivity contribution is -0.191. The first-order chi connectivity index (χ1) is 16.2. The van der Waals surface area contributed by atoms with Crippen LogP contribution >= 0.6 is 0 Å². The molecule has 2 aromatic carbocycles. The van der Waals surface area contributed by atoms with E-state index < -0.39 is 0 Å². The van der Waals surface area contributed by atoms with Crippen LogP contribution in [0.4, 0.5) is 0 Å². The number of rotatable bonds is 9. The smallest absolute Gasteiger partial charge is 0.183 e. The number of ether oxygens (including phenoxy) is 3. The largest absolute Gasteiger partial charge is 0.494 e. The van der Waals surface area contributed by atoms with Crippen LogP contribution in [0.25, 0.3) is 0 Å². The topological polar surface area (TPSA) is 27.7 Å². The van der Waals surface area contributed by atoms with E-state index in [9.17, 15) is 0 Å². The number of benzene rings is 2. The SMILES string of the molecule is CCCOc1ccc(C2OCC(c3ccc(C(C)CCC)cc3C3CCCCC3)CO2)cc1. The van der Waals surface area contributed by atoms with Crippen LogP contribution in [0, 0.1) is 0 Å². The zero-order valence-corrected chi connectivity index (χ0v) is 20.9. The van der Waals surface area contributed by atoms with Crippen LogP contribution in [0.5, 0.6) is 5.75 Å². The minimum Gasteiger partial charge on any atom is -0.494 e. The lowest BCUT2D eigenvalue weighted by atomic mass is 9.78. The third kappa shape index (κ3) is 6.19. The fraction of sp³-hybridized carbons (Fsp3) is 0.600. The molecule has 0 radical (unpaired) electrons. The molecule has 180 valence electrons. The minimum atomic E-state index is -0.288. The Morgan fingerprint density at radius 3 is 2.24 bits per heavy atom. The molecular weight excluding hydrogens is 408 g/mol. The average molecular weight is 451 g/mol. The molecule has 33 heavy (non-hydrogen) atoms. The van der Waals surface area contributed by atoms with Gasteiger partial charge in [-0.2, -0.15) is 0 Å². The summed E-state index contributed by atoms with van der Waals surface area (Å²) in [5.74, 6) is 2.53. The number of hydrogen-bond donors (Lipinski definition) is 0. The molecule has 0 N–H and O–H groups in total. The molecule has 1 atom stereocenters. The molecule has 0 spiro atoms. The molecule has 2 fully saturated rings. The van der Waals surface area contributed by atoms with E-state index in [-0.39, 0.29) is 6.29 Å². The Bertz CT molecular complexity index is 845. The van der Waals surface area contributed by atoms with Gasteiger partial charge in [0.25, 0.3) is 0 Å². The van der Waals surface area contributed by atoms with Crippen molar-refractivity contribution in [3.8, 4) is 5.75 Å². The van der Waals surface area contributed by atoms with Gasteiger partial charge in [0.1, 0.15) is 5.75 Å². The monoisotopic (exact) mass is 450 g/mol. The third-order valence-electron chi connectivity index (χ3n) is 7.41. The summed E-state index contributed by atoms with van der Waals surface area (Å²) in [7, 11) is 0. The molecule has 1 heterocycles. The van der Waals surface area contributed by atoms with Gasteiger partial charge in [0, 0.05) is 11.5 Å². The summed E-state index contributed by atoms with van der Waals surface area (Å²) < 4.78 is 18.2. The van der Waals surface area contributed by atoms with Crippen molar-refractivity contribution in [3.63, 3.8) is 0 Å². The quantitative estimate of drug-likeness (QED) is 0.385. The van der Waals surface area contributed by atoms with E-state index in [2.05, 4.69) is 51.1 Å². The highest BCUT2D eigenvalue weighted by molar-refractivity contribution is 5.39. The molecule has 0 bridgehead atoms. The first-order valence-corrected chi connectivity index (χ1v) is 13.3. The predicted molar refractivity (Wildman–Crippen MR) is 135 cm³/mol. The Morgan fingerprint density at radius 2 is 1.58 bits per heavy atom. The highest BCUT2D eigenvalue weighted by Gasteiger charge is 2.29. The van der Waals surface area contributed by atoms with Gasteiger partial charge in [0.05, 0.1) is 19.8 Å². The highest BCUT2D eigenvalue weighted by atomic mass is 16.7. The molecule has 1 saturated carbocycles. The Kier molecular flexibility index (Phi) is 8.86. The van der Waals surface area contributed by atoms with Gasteiger partial charge in [-0.25, -0.2) is 0 Å². The second-order valence-corrected chi connectivity index (χ2v) is 10.0. The molecule has 1 aliphatic carbocycles. The van der Waals surface area contributed by atoms with Crippen molar-refractivity contribution in [3.05, 3.63) is 64.7 Å². The maximum Gasteiger partial charge on any atom is 0.183 e. The van der Waals surface area contributed by atoms with Crippen LogP contribution in [-0.2, 0) is 9.47 Å². The molecule has 3 nitrogen and oxygen atoms in total. The van der Waals surface area contributed by atoms with Crippen molar-refractivity contribution < 1.29 is 14.2 Å². The average Bonchev–Trinajstić information content (AvgIpc) is 2.88. The van der Waals surface area contributed by atoms with Gasteiger partial charge in [0.15, 0.2) is 6.29 Å². The van der Waals surface area contributed by atoms with Crippen LogP contribution in [0.15, 0.2) is 42.5 Å². The normalized spacial score (nSPS) is 22.8. The van der Waals surface area contributed by atoms with Gasteiger partial charge in [-0.05, 0) is 66.3 Å². The van der Waals surface area contributed by atoms with Crippen molar-refractivity contribution >= 4 is 0 Å². The molecule has 1 unspecified atom stereocenters. The first kappa shape index (κ1) is 24.3. The lowest BCUT2D eigenvalue weighted by Gasteiger charge is -2.33. The number of hydrogen-bond acceptors (Lipinski definition) is 3. The van der Waals surface area contributed by atoms with Crippen LogP contribution in [0.3, 0.4) is 0 Å². The summed E-state index contributed by atoms with van der Waals surface area (Å²) in [5.41, 5.74) is 5.59. The third-order valence-corrected chi connectivity index (χ3v) is 7.41. The van der Waals surface area contributed by atoms with E-state index >= 15 is 0 Å². The minimum absolute atomic E-state index is 0.288. The van der Waals surface area contributed by atoms with E-state index in [0.29, 0.717) is 31.0 Å². The van der Waals surface area contributed by atoms with Gasteiger partial charge in [0.2, 0.25) is 0 Å². The summed E-state index contributed by atoms with van der Waals surface area (Å²) in [4.78, 5) is 0. The molecule has 2 aliphatic rings. The second kappa shape index (κ2) is 12.0. The fourth-order valence-corrected chi connectivity index (χ4v) is 5.45. The van der Waals surface area contributed by atoms with Crippen molar-refractivity contribution in [2.75, 3.05) is 19.8 Å². The van der Waals surface area contributed by atoms with Crippen LogP contribution in [0.2, 0.25) is 0 Å². The van der Waals surface area contributed by atoms with Gasteiger partial charge in [-0.3, -0.25) is 0 Å². The van der Waals surface area contributed by atoms with Gasteiger partial charge in [-0.15, -0.1) is 0 Å². The molecule has 0 amide bonds. The summed E-state index contributed by atoms with van der Waals surface area (Å²) in [6.45, 7) is 8.94. The van der Waals surface area contributed by atoms with E-state index in [1.807, 2.05) is 12.1 Å². The van der Waals surface area contributed by atoms with E-state index in [1.54, 1.807) is 5.56 Å². The van der Waals surface area contributed by atoms with Crippen molar-refractivity contribution in [2.24, 2.45) is 0 Å². The summed E-state index contributed by atoms with van der Waals surface area (Å²) in [5, 5.41) is 0. The maximum atomic E-state index is 6.25. The van der Waals surface area contributed by atoms with Crippen LogP contribution < -0.4 is 4.74 Å². The molecular formula is C30H42O3. The van der Waals surface area contributed by atoms with E-state index in [0.717, 1.165) is 24.3 Å². The summed E-state index contributed by atoms with van der Waals surface area (Å²) >= 11 is 0. The maximum absolute atomic E-state index is 6.25. The Labute approximate surface area is 200 Å². The second-order valence-electron chi connectivity index (χ2n) is 10.0. The van der Waals surface area contributed by atoms with E-state index in [4.69, 9.17) is 14.2 Å². The lowest BCUT2D eigenvalue weighted by Crippen LogP contribution is -2.27. The fourth-order valence-electron chi connectivity index (χ4n) is 5.45. The summed E-state index contributed by atoms with van der Waals surface area (Å²) in [6.07, 6.45) is 9.96. The van der Waals surface area contributed by atoms with Crippen molar-refractivity contribution in [2.45, 2.75) is 96.2 Å². The molecule has 0 aromatic heterocycles. The van der Waals surface area contributed by atoms with Gasteiger partial charge >= 0.3 is 0 Å². The first-order valence-electron chi connectivity index (χ1n) is 13.3. The summed E-state index contributed by atoms with van der Waals surface area (Å²) in [6, 6.07) is 15.4. The van der Waals surface area contributed by atoms with Gasteiger partial charge in [-0.1, -0.05) is 76.8 Å². The Hall–Kier alpha value is -1.84. The highest BCUT2D eigenvalue weighted by Crippen LogP contribution is 2.40. The van der Waals surface area contributed by atoms with Crippen molar-refractivity contribution in [1.29, 1.82) is 0 Å². The molecule has 4 rings (SSSR count). The Morgan fingerprint density at radius 1 is 0.848 bits per heavy atom. The van der Waals surface area contributed by atoms with Crippen molar-refractivity contribution in [1.82, 2.24) is 0 Å². The zero-order valence-electron chi connectivity index (χ0n) is 20.9. The standard InChI is InChI=1S/C30H42O3/c1-4-9-22(3)25-14-17-28(29(19-25)23-10-7-6-8-11-23)26-20-32-30(33-21-26)24-12-15-27(16-13-24)31-18-5-2/h12-17,19,22-23,26,30H,4-11,18,20-21H2,1-3H3. The molecule has 3 heteroatoms. The molecule has 2 aromatic rings. The van der Waals surface area contributed by atoms with Gasteiger partial charge < -0.3 is 14.2 Å². The molecule has 1 aliphatic heterocycles. The van der Waals surface area contributed by atoms with E-state index in [1.165, 1.54) is 56.1 Å². The Balaban J connectivity index is 1.46. The van der Waals surface area contributed by atoms with Crippen LogP contribution in [-0.4, -0.2) is 19.8 Å².